The quantitative estimate of drug-likeness (QED) is 0.788. The second-order valence-electron chi connectivity index (χ2n) is 6.17. The van der Waals surface area contributed by atoms with Crippen LogP contribution in [0, 0.1) is 0 Å². The topological polar surface area (TPSA) is 72.8 Å². The Morgan fingerprint density at radius 3 is 2.38 bits per heavy atom. The Balaban J connectivity index is 2.09. The third kappa shape index (κ3) is 3.16. The van der Waals surface area contributed by atoms with Crippen LogP contribution >= 0.6 is 0 Å². The Bertz CT molecular complexity index is 799. The third-order valence-corrected chi connectivity index (χ3v) is 5.96. The van der Waals surface area contributed by atoms with Gasteiger partial charge in [-0.3, -0.25) is 0 Å². The minimum Gasteiger partial charge on any atom is -0.490 e. The van der Waals surface area contributed by atoms with E-state index < -0.39 is 55.9 Å². The van der Waals surface area contributed by atoms with Crippen LogP contribution in [0.5, 0.6) is 5.75 Å². The lowest BCUT2D eigenvalue weighted by Gasteiger charge is -2.25. The van der Waals surface area contributed by atoms with Crippen molar-refractivity contribution >= 4 is 9.84 Å². The van der Waals surface area contributed by atoms with E-state index in [1.165, 1.54) is 0 Å². The second-order valence-corrected chi connectivity index (χ2v) is 8.08. The maximum atomic E-state index is 14.0. The Morgan fingerprint density at radius 1 is 1.19 bits per heavy atom. The van der Waals surface area contributed by atoms with E-state index in [0.29, 0.717) is 32.1 Å². The van der Waals surface area contributed by atoms with Gasteiger partial charge in [0.05, 0.1) is 18.1 Å². The lowest BCUT2D eigenvalue weighted by molar-refractivity contribution is -0.0979. The molecule has 0 saturated carbocycles. The van der Waals surface area contributed by atoms with E-state index in [4.69, 9.17) is 9.47 Å². The number of rotatable bonds is 3. The predicted octanol–water partition coefficient (Wildman–Crippen LogP) is 2.76. The van der Waals surface area contributed by atoms with Gasteiger partial charge in [-0.2, -0.15) is 13.2 Å². The zero-order valence-corrected chi connectivity index (χ0v) is 14.0. The molecule has 1 saturated heterocycles. The number of alkyl halides is 5. The van der Waals surface area contributed by atoms with Crippen LogP contribution in [-0.2, 0) is 21.0 Å². The molecule has 11 heteroatoms. The molecule has 0 bridgehead atoms. The molecule has 1 heterocycles. The zero-order chi connectivity index (χ0) is 19.3. The first-order valence-corrected chi connectivity index (χ1v) is 9.21. The van der Waals surface area contributed by atoms with Gasteiger partial charge in [-0.15, -0.1) is 0 Å². The molecule has 1 N–H and O–H groups in total. The first-order chi connectivity index (χ1) is 11.9. The van der Waals surface area contributed by atoms with Crippen molar-refractivity contribution < 1.29 is 45.0 Å². The van der Waals surface area contributed by atoms with E-state index in [0.717, 1.165) is 6.07 Å². The highest BCUT2D eigenvalue weighted by molar-refractivity contribution is 7.92. The van der Waals surface area contributed by atoms with Crippen molar-refractivity contribution in [2.24, 2.45) is 0 Å². The Morgan fingerprint density at radius 2 is 1.81 bits per heavy atom. The summed E-state index contributed by atoms with van der Waals surface area (Å²) in [7, 11) is -5.90. The van der Waals surface area contributed by atoms with Crippen LogP contribution in [0.4, 0.5) is 22.0 Å². The number of benzene rings is 1. The van der Waals surface area contributed by atoms with Crippen LogP contribution in [-0.4, -0.2) is 44.3 Å². The van der Waals surface area contributed by atoms with Crippen LogP contribution in [0.15, 0.2) is 17.0 Å². The van der Waals surface area contributed by atoms with Gasteiger partial charge in [0.25, 0.3) is 15.8 Å². The van der Waals surface area contributed by atoms with Crippen molar-refractivity contribution in [3.63, 3.8) is 0 Å². The lowest BCUT2D eigenvalue weighted by Crippen LogP contribution is -2.27. The van der Waals surface area contributed by atoms with Crippen molar-refractivity contribution in [1.82, 2.24) is 0 Å². The highest BCUT2D eigenvalue weighted by Crippen LogP contribution is 2.50. The fraction of sp³-hybridized carbons (Fsp3) is 0.600. The van der Waals surface area contributed by atoms with Crippen LogP contribution in [0.3, 0.4) is 0 Å². The van der Waals surface area contributed by atoms with Gasteiger partial charge in [0.1, 0.15) is 18.0 Å². The summed E-state index contributed by atoms with van der Waals surface area (Å²) in [6.07, 6.45) is -3.26. The predicted molar refractivity (Wildman–Crippen MR) is 77.8 cm³/mol. The van der Waals surface area contributed by atoms with Gasteiger partial charge in [0.15, 0.2) is 0 Å². The summed E-state index contributed by atoms with van der Waals surface area (Å²) in [6.45, 7) is 0.762. The number of fused-ring (bicyclic) bond motifs is 1. The van der Waals surface area contributed by atoms with Gasteiger partial charge in [-0.25, -0.2) is 17.2 Å². The van der Waals surface area contributed by atoms with Crippen molar-refractivity contribution in [2.75, 3.05) is 13.2 Å². The maximum Gasteiger partial charge on any atom is 0.501 e. The minimum atomic E-state index is -5.90. The summed E-state index contributed by atoms with van der Waals surface area (Å²) < 4.78 is 101. The molecule has 3 rings (SSSR count). The van der Waals surface area contributed by atoms with Crippen molar-refractivity contribution in [3.8, 4) is 5.75 Å². The van der Waals surface area contributed by atoms with Crippen LogP contribution in [0.2, 0.25) is 0 Å². The highest BCUT2D eigenvalue weighted by atomic mass is 32.2. The molecule has 0 amide bonds. The van der Waals surface area contributed by atoms with E-state index >= 15 is 0 Å². The number of hydrogen-bond acceptors (Lipinski definition) is 5. The number of halogens is 5. The molecule has 2 aliphatic rings. The van der Waals surface area contributed by atoms with E-state index in [2.05, 4.69) is 0 Å². The fourth-order valence-electron chi connectivity index (χ4n) is 3.09. The maximum absolute atomic E-state index is 14.0. The summed E-state index contributed by atoms with van der Waals surface area (Å²) in [5.74, 6) is -3.95. The molecular weight excluding hydrogens is 387 g/mol. The van der Waals surface area contributed by atoms with Gasteiger partial charge in [0, 0.05) is 30.4 Å². The molecule has 1 aromatic carbocycles. The molecule has 1 atom stereocenters. The van der Waals surface area contributed by atoms with Crippen LogP contribution in [0.25, 0.3) is 0 Å². The van der Waals surface area contributed by atoms with Crippen LogP contribution < -0.4 is 4.74 Å². The molecule has 1 aliphatic heterocycles. The molecule has 0 unspecified atom stereocenters. The lowest BCUT2D eigenvalue weighted by atomic mass is 10.1. The van der Waals surface area contributed by atoms with Gasteiger partial charge in [0.2, 0.25) is 0 Å². The van der Waals surface area contributed by atoms with Gasteiger partial charge >= 0.3 is 5.51 Å². The molecule has 0 aromatic heterocycles. The number of aliphatic hydroxyl groups is 1. The Kier molecular flexibility index (Phi) is 4.68. The first kappa shape index (κ1) is 19.3. The number of ether oxygens (including phenoxy) is 2. The molecule has 1 aliphatic carbocycles. The fourth-order valence-corrected chi connectivity index (χ4v) is 4.11. The van der Waals surface area contributed by atoms with Gasteiger partial charge in [-0.1, -0.05) is 0 Å². The first-order valence-electron chi connectivity index (χ1n) is 7.72. The molecule has 1 fully saturated rings. The standard InChI is InChI=1S/C15H15F5O5S/c16-14(17)7-9-10(25-8-3-5-24-6-4-8)1-2-11(12(9)13(14)21)26(22,23)15(18,19)20/h1-2,8,13,21H,3-7H2/t13-/m0/s1. The number of hydrogen-bond donors (Lipinski definition) is 1. The third-order valence-electron chi connectivity index (χ3n) is 4.42. The van der Waals surface area contributed by atoms with E-state index in [1.807, 2.05) is 0 Å². The minimum absolute atomic E-state index is 0.149. The Labute approximate surface area is 145 Å². The average Bonchev–Trinajstić information content (AvgIpc) is 2.78. The summed E-state index contributed by atoms with van der Waals surface area (Å²) in [6, 6.07) is 1.49. The molecule has 26 heavy (non-hydrogen) atoms. The molecule has 146 valence electrons. The molecule has 0 spiro atoms. The van der Waals surface area contributed by atoms with Gasteiger partial charge in [-0.05, 0) is 12.1 Å². The monoisotopic (exact) mass is 402 g/mol. The van der Waals surface area contributed by atoms with Crippen molar-refractivity contribution in [2.45, 2.75) is 47.8 Å². The highest BCUT2D eigenvalue weighted by Gasteiger charge is 2.55. The summed E-state index contributed by atoms with van der Waals surface area (Å²) in [5, 5.41) is 9.79. The van der Waals surface area contributed by atoms with E-state index in [1.54, 1.807) is 0 Å². The normalized spacial score (nSPS) is 23.7. The molecule has 1 aromatic rings. The number of aliphatic hydroxyl groups excluding tert-OH is 1. The smallest absolute Gasteiger partial charge is 0.490 e. The SMILES string of the molecule is O=S(=O)(c1ccc(OC2CCOCC2)c2c1[C@H](O)C(F)(F)C2)C(F)(F)F. The molecular formula is C15H15F5O5S. The van der Waals surface area contributed by atoms with E-state index in [-0.39, 0.29) is 5.75 Å². The summed E-state index contributed by atoms with van der Waals surface area (Å²) in [4.78, 5) is -1.37. The van der Waals surface area contributed by atoms with Crippen LogP contribution in [0.1, 0.15) is 30.1 Å². The zero-order valence-electron chi connectivity index (χ0n) is 13.2. The summed E-state index contributed by atoms with van der Waals surface area (Å²) >= 11 is 0. The second kappa shape index (κ2) is 6.31. The molecule has 0 radical (unpaired) electrons. The largest absolute Gasteiger partial charge is 0.501 e. The van der Waals surface area contributed by atoms with E-state index in [9.17, 15) is 35.5 Å². The average molecular weight is 402 g/mol. The van der Waals surface area contributed by atoms with Crippen molar-refractivity contribution in [1.29, 1.82) is 0 Å². The molecule has 5 nitrogen and oxygen atoms in total. The Hall–Kier alpha value is -1.46. The van der Waals surface area contributed by atoms with Gasteiger partial charge < -0.3 is 14.6 Å². The summed E-state index contributed by atoms with van der Waals surface area (Å²) in [5.41, 5.74) is -7.04. The number of sulfone groups is 1. The van der Waals surface area contributed by atoms with Crippen molar-refractivity contribution in [3.05, 3.63) is 23.3 Å².